The Morgan fingerprint density at radius 1 is 1.27 bits per heavy atom. The van der Waals surface area contributed by atoms with Crippen LogP contribution in [-0.4, -0.2) is 45.9 Å². The molecule has 1 saturated carbocycles. The summed E-state index contributed by atoms with van der Waals surface area (Å²) in [6.07, 6.45) is 3.62. The predicted molar refractivity (Wildman–Crippen MR) is 81.1 cm³/mol. The number of carboxylic acids is 1. The van der Waals surface area contributed by atoms with Crippen molar-refractivity contribution in [2.45, 2.75) is 71.0 Å². The molecule has 2 fully saturated rings. The zero-order valence-electron chi connectivity index (χ0n) is 13.5. The number of carbonyl (C=O) groups is 3. The van der Waals surface area contributed by atoms with E-state index in [-0.39, 0.29) is 29.7 Å². The summed E-state index contributed by atoms with van der Waals surface area (Å²) in [4.78, 5) is 37.8. The quantitative estimate of drug-likeness (QED) is 0.776. The Bertz CT molecular complexity index is 463. The largest absolute Gasteiger partial charge is 0.480 e. The first-order valence-electron chi connectivity index (χ1n) is 8.21. The molecule has 2 amide bonds. The highest BCUT2D eigenvalue weighted by Crippen LogP contribution is 2.43. The molecule has 124 valence electrons. The Hall–Kier alpha value is -1.59. The fourth-order valence-electron chi connectivity index (χ4n) is 3.77. The molecule has 22 heavy (non-hydrogen) atoms. The van der Waals surface area contributed by atoms with Crippen molar-refractivity contribution in [1.82, 2.24) is 10.2 Å². The van der Waals surface area contributed by atoms with E-state index in [2.05, 4.69) is 5.32 Å². The lowest BCUT2D eigenvalue weighted by Crippen LogP contribution is -2.57. The number of hydrogen-bond donors (Lipinski definition) is 2. The van der Waals surface area contributed by atoms with Gasteiger partial charge < -0.3 is 15.3 Å². The smallest absolute Gasteiger partial charge is 0.326 e. The van der Waals surface area contributed by atoms with Crippen molar-refractivity contribution in [3.8, 4) is 0 Å². The monoisotopic (exact) mass is 310 g/mol. The molecule has 6 nitrogen and oxygen atoms in total. The molecular weight excluding hydrogens is 284 g/mol. The van der Waals surface area contributed by atoms with Gasteiger partial charge in [-0.2, -0.15) is 0 Å². The van der Waals surface area contributed by atoms with Crippen LogP contribution >= 0.6 is 0 Å². The molecule has 2 unspecified atom stereocenters. The van der Waals surface area contributed by atoms with Crippen LogP contribution in [0.3, 0.4) is 0 Å². The van der Waals surface area contributed by atoms with Crippen molar-refractivity contribution in [3.63, 3.8) is 0 Å². The van der Waals surface area contributed by atoms with E-state index in [1.807, 2.05) is 20.8 Å². The van der Waals surface area contributed by atoms with E-state index in [0.717, 1.165) is 25.7 Å². The summed E-state index contributed by atoms with van der Waals surface area (Å²) in [5, 5.41) is 12.2. The number of likely N-dealkylation sites (tertiary alicyclic amines) is 1. The Kier molecular flexibility index (Phi) is 5.08. The van der Waals surface area contributed by atoms with Crippen molar-refractivity contribution < 1.29 is 19.5 Å². The van der Waals surface area contributed by atoms with Gasteiger partial charge in [-0.25, -0.2) is 4.79 Å². The lowest BCUT2D eigenvalue weighted by Gasteiger charge is -2.36. The van der Waals surface area contributed by atoms with E-state index in [4.69, 9.17) is 0 Å². The fourth-order valence-corrected chi connectivity index (χ4v) is 3.77. The van der Waals surface area contributed by atoms with E-state index in [9.17, 15) is 19.5 Å². The maximum absolute atomic E-state index is 12.9. The first-order valence-corrected chi connectivity index (χ1v) is 8.21. The third-order valence-corrected chi connectivity index (χ3v) is 4.82. The molecule has 6 heteroatoms. The van der Waals surface area contributed by atoms with Gasteiger partial charge in [-0.05, 0) is 37.5 Å². The van der Waals surface area contributed by atoms with Gasteiger partial charge in [0.05, 0.1) is 0 Å². The van der Waals surface area contributed by atoms with Crippen LogP contribution in [0.5, 0.6) is 0 Å². The SMILES string of the molecule is CCCC(=O)N[C@H](C(=O)N1C2CCC(C2)[C@H]1C(=O)O)C(C)C. The molecule has 2 N–H and O–H groups in total. The van der Waals surface area contributed by atoms with Gasteiger partial charge in [-0.15, -0.1) is 0 Å². The van der Waals surface area contributed by atoms with Crippen molar-refractivity contribution in [2.24, 2.45) is 11.8 Å². The molecule has 2 bridgehead atoms. The minimum Gasteiger partial charge on any atom is -0.480 e. The van der Waals surface area contributed by atoms with Crippen LogP contribution in [0.4, 0.5) is 0 Å². The number of hydrogen-bond acceptors (Lipinski definition) is 3. The predicted octanol–water partition coefficient (Wildman–Crippen LogP) is 1.39. The fraction of sp³-hybridized carbons (Fsp3) is 0.812. The molecule has 1 aliphatic carbocycles. The van der Waals surface area contributed by atoms with Gasteiger partial charge in [0.1, 0.15) is 12.1 Å². The molecule has 1 aliphatic heterocycles. The van der Waals surface area contributed by atoms with Crippen LogP contribution in [0, 0.1) is 11.8 Å². The summed E-state index contributed by atoms with van der Waals surface area (Å²) in [6, 6.07) is -1.35. The van der Waals surface area contributed by atoms with E-state index in [1.54, 1.807) is 0 Å². The first-order chi connectivity index (χ1) is 10.4. The number of nitrogens with one attached hydrogen (secondary N) is 1. The summed E-state index contributed by atoms with van der Waals surface area (Å²) in [6.45, 7) is 5.66. The Morgan fingerprint density at radius 2 is 1.95 bits per heavy atom. The molecule has 0 aromatic rings. The lowest BCUT2D eigenvalue weighted by atomic mass is 9.96. The number of rotatable bonds is 6. The Labute approximate surface area is 131 Å². The topological polar surface area (TPSA) is 86.7 Å². The molecular formula is C16H26N2O4. The zero-order valence-corrected chi connectivity index (χ0v) is 13.5. The van der Waals surface area contributed by atoms with Crippen LogP contribution < -0.4 is 5.32 Å². The number of carboxylic acid groups (broad SMARTS) is 1. The highest BCUT2D eigenvalue weighted by atomic mass is 16.4. The van der Waals surface area contributed by atoms with E-state index in [0.29, 0.717) is 6.42 Å². The number of aliphatic carboxylic acids is 1. The van der Waals surface area contributed by atoms with Gasteiger partial charge >= 0.3 is 5.97 Å². The Balaban J connectivity index is 2.15. The second-order valence-corrected chi connectivity index (χ2v) is 6.79. The summed E-state index contributed by atoms with van der Waals surface area (Å²) < 4.78 is 0. The maximum atomic E-state index is 12.9. The van der Waals surface area contributed by atoms with Crippen molar-refractivity contribution >= 4 is 17.8 Å². The molecule has 0 radical (unpaired) electrons. The number of amides is 2. The number of carbonyl (C=O) groups excluding carboxylic acids is 2. The van der Waals surface area contributed by atoms with Gasteiger partial charge in [0.25, 0.3) is 0 Å². The van der Waals surface area contributed by atoms with Gasteiger partial charge in [0.2, 0.25) is 11.8 Å². The lowest BCUT2D eigenvalue weighted by molar-refractivity contribution is -0.154. The molecule has 2 aliphatic rings. The van der Waals surface area contributed by atoms with Crippen LogP contribution in [0.15, 0.2) is 0 Å². The first kappa shape index (κ1) is 16.8. The normalized spacial score (nSPS) is 28.0. The summed E-state index contributed by atoms with van der Waals surface area (Å²) in [7, 11) is 0. The second kappa shape index (κ2) is 6.67. The van der Waals surface area contributed by atoms with Gasteiger partial charge in [-0.3, -0.25) is 9.59 Å². The van der Waals surface area contributed by atoms with E-state index < -0.39 is 18.1 Å². The molecule has 0 aromatic carbocycles. The second-order valence-electron chi connectivity index (χ2n) is 6.79. The average Bonchev–Trinajstić information content (AvgIpc) is 3.04. The maximum Gasteiger partial charge on any atom is 0.326 e. The number of nitrogens with zero attached hydrogens (tertiary/aromatic N) is 1. The minimum atomic E-state index is -0.928. The summed E-state index contributed by atoms with van der Waals surface area (Å²) in [5.74, 6) is -1.32. The van der Waals surface area contributed by atoms with Gasteiger partial charge in [0, 0.05) is 12.5 Å². The van der Waals surface area contributed by atoms with E-state index >= 15 is 0 Å². The minimum absolute atomic E-state index is 0.0166. The molecule has 0 spiro atoms. The average molecular weight is 310 g/mol. The molecule has 1 heterocycles. The van der Waals surface area contributed by atoms with Crippen molar-refractivity contribution in [2.75, 3.05) is 0 Å². The van der Waals surface area contributed by atoms with Crippen LogP contribution in [0.1, 0.15) is 52.9 Å². The van der Waals surface area contributed by atoms with Crippen LogP contribution in [-0.2, 0) is 14.4 Å². The zero-order chi connectivity index (χ0) is 16.4. The number of fused-ring (bicyclic) bond motifs is 2. The standard InChI is InChI=1S/C16H26N2O4/c1-4-5-12(19)17-13(9(2)3)15(20)18-11-7-6-10(8-11)14(18)16(21)22/h9-11,13-14H,4-8H2,1-3H3,(H,17,19)(H,21,22)/t10?,11?,13-,14-/m0/s1. The van der Waals surface area contributed by atoms with E-state index in [1.165, 1.54) is 4.90 Å². The van der Waals surface area contributed by atoms with Crippen molar-refractivity contribution in [3.05, 3.63) is 0 Å². The van der Waals surface area contributed by atoms with Gasteiger partial charge in [0.15, 0.2) is 0 Å². The molecule has 0 aromatic heterocycles. The van der Waals surface area contributed by atoms with Gasteiger partial charge in [-0.1, -0.05) is 20.8 Å². The van der Waals surface area contributed by atoms with Crippen molar-refractivity contribution in [1.29, 1.82) is 0 Å². The van der Waals surface area contributed by atoms with Crippen LogP contribution in [0.25, 0.3) is 0 Å². The third-order valence-electron chi connectivity index (χ3n) is 4.82. The number of piperidine rings is 1. The Morgan fingerprint density at radius 3 is 2.50 bits per heavy atom. The summed E-state index contributed by atoms with van der Waals surface area (Å²) >= 11 is 0. The highest BCUT2D eigenvalue weighted by molar-refractivity contribution is 5.91. The van der Waals surface area contributed by atoms with Crippen LogP contribution in [0.2, 0.25) is 0 Å². The summed E-state index contributed by atoms with van der Waals surface area (Å²) in [5.41, 5.74) is 0. The molecule has 4 atom stereocenters. The molecule has 2 rings (SSSR count). The third kappa shape index (κ3) is 3.10. The molecule has 1 saturated heterocycles. The highest BCUT2D eigenvalue weighted by Gasteiger charge is 2.52.